The van der Waals surface area contributed by atoms with Gasteiger partial charge in [0.15, 0.2) is 6.20 Å². The SMILES string of the molecule is COc1ccc([N-][n+]2ccccc2SCc2ccccc2)cc1. The van der Waals surface area contributed by atoms with Gasteiger partial charge in [0.25, 0.3) is 0 Å². The van der Waals surface area contributed by atoms with E-state index in [9.17, 15) is 0 Å². The highest BCUT2D eigenvalue weighted by atomic mass is 32.2. The van der Waals surface area contributed by atoms with Crippen LogP contribution in [0.5, 0.6) is 5.75 Å². The third-order valence-corrected chi connectivity index (χ3v) is 4.42. The first-order valence-corrected chi connectivity index (χ1v) is 8.37. The maximum absolute atomic E-state index is 5.18. The van der Waals surface area contributed by atoms with Gasteiger partial charge in [0, 0.05) is 17.9 Å². The van der Waals surface area contributed by atoms with Gasteiger partial charge < -0.3 is 10.2 Å². The second-order valence-electron chi connectivity index (χ2n) is 4.96. The van der Waals surface area contributed by atoms with Gasteiger partial charge in [0.1, 0.15) is 5.75 Å². The van der Waals surface area contributed by atoms with Gasteiger partial charge in [-0.05, 0) is 23.8 Å². The Kier molecular flexibility index (Phi) is 5.17. The van der Waals surface area contributed by atoms with E-state index in [0.29, 0.717) is 0 Å². The molecule has 0 bridgehead atoms. The molecule has 0 aliphatic heterocycles. The molecule has 1 aromatic heterocycles. The molecular weight excluding hydrogens is 304 g/mol. The molecule has 116 valence electrons. The van der Waals surface area contributed by atoms with Gasteiger partial charge in [0.05, 0.1) is 7.11 Å². The highest BCUT2D eigenvalue weighted by Gasteiger charge is 2.05. The van der Waals surface area contributed by atoms with Gasteiger partial charge in [-0.2, -0.15) is 0 Å². The quantitative estimate of drug-likeness (QED) is 0.484. The Balaban J connectivity index is 1.72. The molecule has 1 heterocycles. The van der Waals surface area contributed by atoms with Crippen LogP contribution in [-0.2, 0) is 5.75 Å². The van der Waals surface area contributed by atoms with Crippen LogP contribution in [0.25, 0.3) is 5.43 Å². The largest absolute Gasteiger partial charge is 0.497 e. The zero-order valence-corrected chi connectivity index (χ0v) is 13.7. The molecule has 0 atom stereocenters. The second-order valence-corrected chi connectivity index (χ2v) is 5.95. The fourth-order valence-electron chi connectivity index (χ4n) is 2.12. The van der Waals surface area contributed by atoms with Crippen LogP contribution < -0.4 is 9.41 Å². The number of hydrogen-bond donors (Lipinski definition) is 0. The zero-order valence-electron chi connectivity index (χ0n) is 12.9. The zero-order chi connectivity index (χ0) is 15.9. The standard InChI is InChI=1S/C19H18N2OS/c1-22-18-12-10-17(11-13-18)20-21-14-6-5-9-19(21)23-15-16-7-3-2-4-8-16/h2-14H,15H2,1H3. The van der Waals surface area contributed by atoms with E-state index in [0.717, 1.165) is 22.2 Å². The summed E-state index contributed by atoms with van der Waals surface area (Å²) < 4.78 is 7.09. The summed E-state index contributed by atoms with van der Waals surface area (Å²) in [6, 6.07) is 24.3. The van der Waals surface area contributed by atoms with E-state index in [1.165, 1.54) is 5.56 Å². The molecule has 0 aliphatic carbocycles. The van der Waals surface area contributed by atoms with E-state index < -0.39 is 0 Å². The number of ether oxygens (including phenoxy) is 1. The Labute approximate surface area is 140 Å². The van der Waals surface area contributed by atoms with Gasteiger partial charge in [-0.15, -0.1) is 0 Å². The fourth-order valence-corrected chi connectivity index (χ4v) is 3.04. The van der Waals surface area contributed by atoms with E-state index in [2.05, 4.69) is 35.8 Å². The third-order valence-electron chi connectivity index (χ3n) is 3.33. The molecule has 3 nitrogen and oxygen atoms in total. The summed E-state index contributed by atoms with van der Waals surface area (Å²) >= 11 is 1.77. The van der Waals surface area contributed by atoms with Crippen molar-refractivity contribution in [2.24, 2.45) is 0 Å². The molecule has 3 rings (SSSR count). The summed E-state index contributed by atoms with van der Waals surface area (Å²) in [4.78, 5) is 0. The van der Waals surface area contributed by atoms with Crippen LogP contribution in [-0.4, -0.2) is 7.11 Å². The van der Waals surface area contributed by atoms with Crippen LogP contribution in [0.15, 0.2) is 84.0 Å². The number of nitrogens with zero attached hydrogens (tertiary/aromatic N) is 2. The van der Waals surface area contributed by atoms with Crippen LogP contribution in [0.3, 0.4) is 0 Å². The lowest BCUT2D eigenvalue weighted by Gasteiger charge is -2.16. The van der Waals surface area contributed by atoms with Crippen LogP contribution >= 0.6 is 11.8 Å². The van der Waals surface area contributed by atoms with E-state index >= 15 is 0 Å². The molecule has 0 amide bonds. The van der Waals surface area contributed by atoms with E-state index in [-0.39, 0.29) is 0 Å². The predicted molar refractivity (Wildman–Crippen MR) is 94.1 cm³/mol. The fraction of sp³-hybridized carbons (Fsp3) is 0.105. The predicted octanol–water partition coefficient (Wildman–Crippen LogP) is 4.74. The smallest absolute Gasteiger partial charge is 0.236 e. The normalized spacial score (nSPS) is 10.3. The van der Waals surface area contributed by atoms with Crippen LogP contribution in [0.4, 0.5) is 5.69 Å². The molecule has 0 unspecified atom stereocenters. The first-order valence-electron chi connectivity index (χ1n) is 7.38. The summed E-state index contributed by atoms with van der Waals surface area (Å²) in [6.07, 6.45) is 1.97. The van der Waals surface area contributed by atoms with Crippen molar-refractivity contribution in [2.75, 3.05) is 7.11 Å². The maximum atomic E-state index is 5.18. The minimum atomic E-state index is 0.834. The lowest BCUT2D eigenvalue weighted by atomic mass is 10.2. The van der Waals surface area contributed by atoms with Gasteiger partial charge in [0.2, 0.25) is 5.03 Å². The summed E-state index contributed by atoms with van der Waals surface area (Å²) in [6.45, 7) is 0. The van der Waals surface area contributed by atoms with Crippen molar-refractivity contribution in [2.45, 2.75) is 10.8 Å². The van der Waals surface area contributed by atoms with Crippen molar-refractivity contribution < 1.29 is 9.41 Å². The summed E-state index contributed by atoms with van der Waals surface area (Å²) in [5, 5.41) is 1.10. The molecule has 3 aromatic rings. The van der Waals surface area contributed by atoms with E-state index in [1.807, 2.05) is 53.3 Å². The van der Waals surface area contributed by atoms with Crippen molar-refractivity contribution in [3.8, 4) is 5.75 Å². The monoisotopic (exact) mass is 322 g/mol. The number of pyridine rings is 1. The van der Waals surface area contributed by atoms with Gasteiger partial charge >= 0.3 is 0 Å². The Bertz CT molecular complexity index is 745. The Morgan fingerprint density at radius 3 is 2.39 bits per heavy atom. The lowest BCUT2D eigenvalue weighted by Crippen LogP contribution is -2.30. The molecule has 0 fully saturated rings. The van der Waals surface area contributed by atoms with Crippen LogP contribution in [0.1, 0.15) is 5.56 Å². The van der Waals surface area contributed by atoms with Crippen LogP contribution in [0, 0.1) is 0 Å². The second kappa shape index (κ2) is 7.70. The van der Waals surface area contributed by atoms with Crippen molar-refractivity contribution in [1.29, 1.82) is 0 Å². The summed E-state index contributed by atoms with van der Waals surface area (Å²) in [7, 11) is 1.66. The van der Waals surface area contributed by atoms with Crippen molar-refractivity contribution in [1.82, 2.24) is 0 Å². The average Bonchev–Trinajstić information content (AvgIpc) is 2.62. The number of methoxy groups -OCH3 is 1. The molecule has 23 heavy (non-hydrogen) atoms. The molecule has 0 aliphatic rings. The topological polar surface area (TPSA) is 27.2 Å². The molecule has 0 radical (unpaired) electrons. The minimum Gasteiger partial charge on any atom is -0.497 e. The van der Waals surface area contributed by atoms with E-state index in [1.54, 1.807) is 18.9 Å². The molecule has 2 aromatic carbocycles. The third kappa shape index (κ3) is 4.27. The molecule has 0 saturated carbocycles. The molecule has 0 spiro atoms. The maximum Gasteiger partial charge on any atom is 0.236 e. The molecule has 0 saturated heterocycles. The van der Waals surface area contributed by atoms with Crippen LogP contribution in [0.2, 0.25) is 0 Å². The lowest BCUT2D eigenvalue weighted by molar-refractivity contribution is -0.658. The number of rotatable bonds is 6. The Hall–Kier alpha value is -2.46. The van der Waals surface area contributed by atoms with Gasteiger partial charge in [-0.1, -0.05) is 59.9 Å². The Morgan fingerprint density at radius 1 is 0.913 bits per heavy atom. The van der Waals surface area contributed by atoms with E-state index in [4.69, 9.17) is 4.74 Å². The number of hydrogen-bond acceptors (Lipinski definition) is 2. The van der Waals surface area contributed by atoms with Crippen molar-refractivity contribution in [3.05, 3.63) is 90.0 Å². The van der Waals surface area contributed by atoms with Gasteiger partial charge in [-0.25, -0.2) is 4.68 Å². The molecular formula is C19H18N2OS. The number of benzene rings is 2. The number of thioether (sulfide) groups is 1. The number of aromatic nitrogens is 1. The summed E-state index contributed by atoms with van der Waals surface area (Å²) in [5.41, 5.74) is 6.86. The first kappa shape index (κ1) is 15.4. The highest BCUT2D eigenvalue weighted by molar-refractivity contribution is 7.98. The highest BCUT2D eigenvalue weighted by Crippen LogP contribution is 2.23. The first-order chi connectivity index (χ1) is 11.3. The van der Waals surface area contributed by atoms with Crippen molar-refractivity contribution >= 4 is 17.4 Å². The minimum absolute atomic E-state index is 0.834. The average molecular weight is 322 g/mol. The molecule has 0 N–H and O–H groups in total. The van der Waals surface area contributed by atoms with Crippen molar-refractivity contribution in [3.63, 3.8) is 0 Å². The summed E-state index contributed by atoms with van der Waals surface area (Å²) in [5.74, 6) is 1.75. The molecule has 4 heteroatoms. The Morgan fingerprint density at radius 2 is 1.65 bits per heavy atom. The van der Waals surface area contributed by atoms with Gasteiger partial charge in [-0.3, -0.25) is 0 Å².